The van der Waals surface area contributed by atoms with Crippen LogP contribution in [-0.4, -0.2) is 35.0 Å². The zero-order valence-corrected chi connectivity index (χ0v) is 11.0. The smallest absolute Gasteiger partial charge is 0.261 e. The van der Waals surface area contributed by atoms with Crippen LogP contribution in [0.2, 0.25) is 0 Å². The van der Waals surface area contributed by atoms with Crippen LogP contribution in [0.1, 0.15) is 33.6 Å². The number of nitrogens with zero attached hydrogens (tertiary/aromatic N) is 1. The molecule has 2 amide bonds. The summed E-state index contributed by atoms with van der Waals surface area (Å²) in [5.41, 5.74) is 1.17. The van der Waals surface area contributed by atoms with Crippen molar-refractivity contribution in [1.29, 1.82) is 0 Å². The van der Waals surface area contributed by atoms with Crippen LogP contribution in [0.15, 0.2) is 36.4 Å². The highest BCUT2D eigenvalue weighted by Crippen LogP contribution is 2.29. The number of imide groups is 1. The zero-order valence-electron chi connectivity index (χ0n) is 11.0. The quantitative estimate of drug-likeness (QED) is 0.684. The Morgan fingerprint density at radius 2 is 1.50 bits per heavy atom. The van der Waals surface area contributed by atoms with E-state index >= 15 is 0 Å². The summed E-state index contributed by atoms with van der Waals surface area (Å²) in [7, 11) is 0. The van der Waals surface area contributed by atoms with Gasteiger partial charge in [-0.15, -0.1) is 0 Å². The number of unbranched alkanes of at least 4 members (excludes halogenated alkanes) is 1. The molecule has 0 unspecified atom stereocenters. The predicted octanol–water partition coefficient (Wildman–Crippen LogP) is 2.21. The summed E-state index contributed by atoms with van der Waals surface area (Å²) in [6, 6.07) is 11.0. The van der Waals surface area contributed by atoms with Gasteiger partial charge in [-0.25, -0.2) is 0 Å². The fraction of sp³-hybridized carbons (Fsp3) is 0.250. The maximum atomic E-state index is 12.5. The SMILES string of the molecule is O=C1c2cccc3cccc(c23)C(=O)N1CCCCO. The Labute approximate surface area is 116 Å². The van der Waals surface area contributed by atoms with Gasteiger partial charge in [-0.3, -0.25) is 14.5 Å². The lowest BCUT2D eigenvalue weighted by atomic mass is 9.94. The maximum absolute atomic E-state index is 12.5. The van der Waals surface area contributed by atoms with E-state index in [1.54, 1.807) is 12.1 Å². The molecular weight excluding hydrogens is 254 g/mol. The van der Waals surface area contributed by atoms with E-state index in [0.29, 0.717) is 30.5 Å². The number of rotatable bonds is 4. The van der Waals surface area contributed by atoms with E-state index in [1.165, 1.54) is 4.90 Å². The topological polar surface area (TPSA) is 57.6 Å². The molecule has 102 valence electrons. The standard InChI is InChI=1S/C16H15NO3/c18-10-2-1-9-17-15(19)12-7-3-5-11-6-4-8-13(14(11)12)16(17)20/h3-8,18H,1-2,9-10H2. The number of aliphatic hydroxyl groups is 1. The summed E-state index contributed by atoms with van der Waals surface area (Å²) < 4.78 is 0. The minimum absolute atomic E-state index is 0.0718. The first-order valence-electron chi connectivity index (χ1n) is 6.73. The number of hydrogen-bond donors (Lipinski definition) is 1. The van der Waals surface area contributed by atoms with E-state index in [2.05, 4.69) is 0 Å². The Morgan fingerprint density at radius 3 is 2.05 bits per heavy atom. The first kappa shape index (κ1) is 12.8. The summed E-state index contributed by atoms with van der Waals surface area (Å²) in [6.07, 6.45) is 1.20. The summed E-state index contributed by atoms with van der Waals surface area (Å²) in [5, 5.41) is 10.5. The van der Waals surface area contributed by atoms with Crippen LogP contribution in [0.25, 0.3) is 10.8 Å². The number of aliphatic hydroxyl groups excluding tert-OH is 1. The minimum atomic E-state index is -0.239. The van der Waals surface area contributed by atoms with Crippen LogP contribution in [0, 0.1) is 0 Å². The average molecular weight is 269 g/mol. The van der Waals surface area contributed by atoms with Crippen LogP contribution in [0.5, 0.6) is 0 Å². The largest absolute Gasteiger partial charge is 0.396 e. The van der Waals surface area contributed by atoms with E-state index in [4.69, 9.17) is 5.11 Å². The Morgan fingerprint density at radius 1 is 0.900 bits per heavy atom. The van der Waals surface area contributed by atoms with E-state index in [1.807, 2.05) is 24.3 Å². The van der Waals surface area contributed by atoms with Gasteiger partial charge >= 0.3 is 0 Å². The molecule has 3 rings (SSSR count). The molecule has 0 aliphatic carbocycles. The van der Waals surface area contributed by atoms with Gasteiger partial charge in [-0.1, -0.05) is 24.3 Å². The molecule has 0 atom stereocenters. The molecule has 0 bridgehead atoms. The van der Waals surface area contributed by atoms with Gasteiger partial charge in [0.2, 0.25) is 0 Å². The van der Waals surface area contributed by atoms with Crippen molar-refractivity contribution in [3.63, 3.8) is 0 Å². The van der Waals surface area contributed by atoms with Crippen molar-refractivity contribution in [3.8, 4) is 0 Å². The Hall–Kier alpha value is -2.20. The predicted molar refractivity (Wildman–Crippen MR) is 75.6 cm³/mol. The third-order valence-corrected chi connectivity index (χ3v) is 3.65. The highest BCUT2D eigenvalue weighted by Gasteiger charge is 2.31. The number of benzene rings is 2. The summed E-state index contributed by atoms with van der Waals surface area (Å²) >= 11 is 0. The number of amides is 2. The molecule has 0 saturated carbocycles. The molecule has 20 heavy (non-hydrogen) atoms. The van der Waals surface area contributed by atoms with Crippen LogP contribution >= 0.6 is 0 Å². The van der Waals surface area contributed by atoms with Gasteiger partial charge in [0.15, 0.2) is 0 Å². The lowest BCUT2D eigenvalue weighted by Gasteiger charge is -2.27. The fourth-order valence-corrected chi connectivity index (χ4v) is 2.67. The highest BCUT2D eigenvalue weighted by molar-refractivity contribution is 6.25. The van der Waals surface area contributed by atoms with Crippen LogP contribution in [0.3, 0.4) is 0 Å². The van der Waals surface area contributed by atoms with Gasteiger partial charge in [0, 0.05) is 29.7 Å². The second kappa shape index (κ2) is 5.06. The molecule has 0 spiro atoms. The van der Waals surface area contributed by atoms with Crippen molar-refractivity contribution < 1.29 is 14.7 Å². The van der Waals surface area contributed by atoms with Crippen LogP contribution < -0.4 is 0 Å². The molecule has 1 aliphatic heterocycles. The van der Waals surface area contributed by atoms with E-state index in [0.717, 1.165) is 10.8 Å². The van der Waals surface area contributed by atoms with E-state index in [-0.39, 0.29) is 18.4 Å². The van der Waals surface area contributed by atoms with Gasteiger partial charge in [0.25, 0.3) is 11.8 Å². The van der Waals surface area contributed by atoms with E-state index in [9.17, 15) is 9.59 Å². The fourth-order valence-electron chi connectivity index (χ4n) is 2.67. The molecule has 2 aromatic rings. The van der Waals surface area contributed by atoms with Gasteiger partial charge in [-0.2, -0.15) is 0 Å². The molecule has 2 aromatic carbocycles. The second-order valence-corrected chi connectivity index (χ2v) is 4.90. The Kier molecular flexibility index (Phi) is 3.24. The van der Waals surface area contributed by atoms with Crippen molar-refractivity contribution in [2.75, 3.05) is 13.2 Å². The monoisotopic (exact) mass is 269 g/mol. The molecule has 4 nitrogen and oxygen atoms in total. The highest BCUT2D eigenvalue weighted by atomic mass is 16.3. The summed E-state index contributed by atoms with van der Waals surface area (Å²) in [4.78, 5) is 26.2. The van der Waals surface area contributed by atoms with Gasteiger partial charge in [0.05, 0.1) is 0 Å². The maximum Gasteiger partial charge on any atom is 0.261 e. The molecule has 1 aliphatic rings. The average Bonchev–Trinajstić information content (AvgIpc) is 2.48. The lowest BCUT2D eigenvalue weighted by molar-refractivity contribution is 0.0605. The van der Waals surface area contributed by atoms with Crippen molar-refractivity contribution in [2.45, 2.75) is 12.8 Å². The van der Waals surface area contributed by atoms with Crippen molar-refractivity contribution in [2.24, 2.45) is 0 Å². The summed E-state index contributed by atoms with van der Waals surface area (Å²) in [5.74, 6) is -0.477. The van der Waals surface area contributed by atoms with E-state index < -0.39 is 0 Å². The van der Waals surface area contributed by atoms with Gasteiger partial charge in [-0.05, 0) is 30.4 Å². The second-order valence-electron chi connectivity index (χ2n) is 4.90. The molecule has 0 fully saturated rings. The third kappa shape index (κ3) is 1.89. The number of hydrogen-bond acceptors (Lipinski definition) is 3. The van der Waals surface area contributed by atoms with Crippen LogP contribution in [-0.2, 0) is 0 Å². The Balaban J connectivity index is 2.07. The lowest BCUT2D eigenvalue weighted by Crippen LogP contribution is -2.40. The molecule has 0 saturated heterocycles. The third-order valence-electron chi connectivity index (χ3n) is 3.65. The van der Waals surface area contributed by atoms with Crippen molar-refractivity contribution in [3.05, 3.63) is 47.5 Å². The van der Waals surface area contributed by atoms with Crippen molar-refractivity contribution in [1.82, 2.24) is 4.90 Å². The van der Waals surface area contributed by atoms with Crippen molar-refractivity contribution >= 4 is 22.6 Å². The first-order chi connectivity index (χ1) is 9.74. The van der Waals surface area contributed by atoms with Gasteiger partial charge < -0.3 is 5.11 Å². The number of carbonyl (C=O) groups excluding carboxylic acids is 2. The Bertz CT molecular complexity index is 642. The van der Waals surface area contributed by atoms with Crippen LogP contribution in [0.4, 0.5) is 0 Å². The number of carbonyl (C=O) groups is 2. The molecular formula is C16H15NO3. The van der Waals surface area contributed by atoms with Gasteiger partial charge in [0.1, 0.15) is 0 Å². The summed E-state index contributed by atoms with van der Waals surface area (Å²) in [6.45, 7) is 0.422. The first-order valence-corrected chi connectivity index (χ1v) is 6.73. The minimum Gasteiger partial charge on any atom is -0.396 e. The normalized spacial score (nSPS) is 14.2. The molecule has 0 aromatic heterocycles. The molecule has 4 heteroatoms. The molecule has 0 radical (unpaired) electrons. The molecule has 1 N–H and O–H groups in total. The molecule has 1 heterocycles. The zero-order chi connectivity index (χ0) is 14.1.